The molecular formula is C14H27N3O2S. The van der Waals surface area contributed by atoms with Crippen LogP contribution in [0.3, 0.4) is 0 Å². The summed E-state index contributed by atoms with van der Waals surface area (Å²) in [6.45, 7) is 6.71. The highest BCUT2D eigenvalue weighted by Crippen LogP contribution is 2.23. The molecule has 1 aromatic rings. The fourth-order valence-corrected chi connectivity index (χ4v) is 4.10. The zero-order chi connectivity index (χ0) is 15.4. The van der Waals surface area contributed by atoms with Gasteiger partial charge in [-0.2, -0.15) is 0 Å². The first kappa shape index (κ1) is 17.2. The number of aromatic nitrogens is 1. The van der Waals surface area contributed by atoms with E-state index in [4.69, 9.17) is 0 Å². The van der Waals surface area contributed by atoms with Crippen molar-refractivity contribution in [1.82, 2.24) is 14.6 Å². The Bertz CT molecular complexity index is 522. The fourth-order valence-electron chi connectivity index (χ4n) is 2.39. The van der Waals surface area contributed by atoms with Crippen LogP contribution in [0.2, 0.25) is 0 Å². The van der Waals surface area contributed by atoms with E-state index < -0.39 is 10.0 Å². The number of nitrogens with one attached hydrogen (secondary N) is 2. The summed E-state index contributed by atoms with van der Waals surface area (Å²) in [6.07, 6.45) is 4.03. The third-order valence-electron chi connectivity index (χ3n) is 4.13. The Hall–Kier alpha value is -0.850. The van der Waals surface area contributed by atoms with Crippen LogP contribution in [-0.2, 0) is 23.6 Å². The summed E-state index contributed by atoms with van der Waals surface area (Å²) >= 11 is 0. The van der Waals surface area contributed by atoms with Crippen molar-refractivity contribution < 1.29 is 8.42 Å². The van der Waals surface area contributed by atoms with E-state index >= 15 is 0 Å². The summed E-state index contributed by atoms with van der Waals surface area (Å²) in [5.41, 5.74) is 0.598. The molecular weight excluding hydrogens is 274 g/mol. The predicted molar refractivity (Wildman–Crippen MR) is 82.1 cm³/mol. The van der Waals surface area contributed by atoms with Gasteiger partial charge in [0.25, 0.3) is 0 Å². The molecule has 0 saturated carbocycles. The van der Waals surface area contributed by atoms with Crippen LogP contribution >= 0.6 is 0 Å². The number of hydrogen-bond donors (Lipinski definition) is 2. The third-order valence-corrected chi connectivity index (χ3v) is 5.68. The molecule has 1 heterocycles. The van der Waals surface area contributed by atoms with Crippen LogP contribution in [0, 0.1) is 0 Å². The second-order valence-corrected chi connectivity index (χ2v) is 6.94. The Morgan fingerprint density at radius 2 is 1.75 bits per heavy atom. The molecule has 1 rings (SSSR count). The van der Waals surface area contributed by atoms with E-state index in [9.17, 15) is 8.42 Å². The number of hydrogen-bond acceptors (Lipinski definition) is 3. The molecule has 0 amide bonds. The van der Waals surface area contributed by atoms with Crippen LogP contribution in [0.15, 0.2) is 17.2 Å². The first-order chi connectivity index (χ1) is 9.34. The van der Waals surface area contributed by atoms with E-state index in [1.54, 1.807) is 12.3 Å². The van der Waals surface area contributed by atoms with Gasteiger partial charge in [-0.25, -0.2) is 13.1 Å². The lowest BCUT2D eigenvalue weighted by molar-refractivity contribution is 0.341. The number of sulfonamides is 1. The van der Waals surface area contributed by atoms with Crippen molar-refractivity contribution in [3.8, 4) is 0 Å². The first-order valence-electron chi connectivity index (χ1n) is 7.18. The van der Waals surface area contributed by atoms with Gasteiger partial charge in [-0.15, -0.1) is 0 Å². The van der Waals surface area contributed by atoms with E-state index in [2.05, 4.69) is 10.0 Å². The maximum Gasteiger partial charge on any atom is 0.242 e. The average molecular weight is 301 g/mol. The van der Waals surface area contributed by atoms with E-state index in [1.807, 2.05) is 39.4 Å². The molecule has 0 aliphatic rings. The minimum Gasteiger partial charge on any atom is -0.352 e. The van der Waals surface area contributed by atoms with Crippen LogP contribution in [0.5, 0.6) is 0 Å². The van der Waals surface area contributed by atoms with Gasteiger partial charge in [0.1, 0.15) is 0 Å². The number of rotatable bonds is 8. The highest BCUT2D eigenvalue weighted by molar-refractivity contribution is 7.89. The minimum atomic E-state index is -3.47. The van der Waals surface area contributed by atoms with Gasteiger partial charge in [-0.1, -0.05) is 20.8 Å². The first-order valence-corrected chi connectivity index (χ1v) is 8.66. The lowest BCUT2D eigenvalue weighted by Gasteiger charge is -2.31. The zero-order valence-electron chi connectivity index (χ0n) is 13.2. The molecule has 1 aromatic heterocycles. The molecule has 6 heteroatoms. The van der Waals surface area contributed by atoms with Crippen molar-refractivity contribution in [2.45, 2.75) is 57.0 Å². The van der Waals surface area contributed by atoms with E-state index in [-0.39, 0.29) is 5.54 Å². The van der Waals surface area contributed by atoms with Crippen molar-refractivity contribution in [3.05, 3.63) is 18.0 Å². The molecule has 116 valence electrons. The van der Waals surface area contributed by atoms with E-state index in [1.165, 1.54) is 0 Å². The van der Waals surface area contributed by atoms with Crippen molar-refractivity contribution >= 4 is 10.0 Å². The lowest BCUT2D eigenvalue weighted by atomic mass is 9.91. The largest absolute Gasteiger partial charge is 0.352 e. The molecule has 20 heavy (non-hydrogen) atoms. The molecule has 0 radical (unpaired) electrons. The van der Waals surface area contributed by atoms with Crippen LogP contribution in [0.1, 0.15) is 45.7 Å². The molecule has 0 fully saturated rings. The minimum absolute atomic E-state index is 0.338. The molecule has 0 unspecified atom stereocenters. The normalized spacial score (nSPS) is 12.8. The van der Waals surface area contributed by atoms with Gasteiger partial charge in [0.05, 0.1) is 4.90 Å². The predicted octanol–water partition coefficient (Wildman–Crippen LogP) is 1.99. The smallest absolute Gasteiger partial charge is 0.242 e. The van der Waals surface area contributed by atoms with Gasteiger partial charge in [0, 0.05) is 31.0 Å². The second kappa shape index (κ2) is 6.74. The Morgan fingerprint density at radius 3 is 2.20 bits per heavy atom. The summed E-state index contributed by atoms with van der Waals surface area (Å²) < 4.78 is 29.8. The fraction of sp³-hybridized carbons (Fsp3) is 0.714. The van der Waals surface area contributed by atoms with Gasteiger partial charge in [0.2, 0.25) is 10.0 Å². The Morgan fingerprint density at radius 1 is 1.20 bits per heavy atom. The molecule has 0 atom stereocenters. The van der Waals surface area contributed by atoms with Gasteiger partial charge in [-0.05, 0) is 32.4 Å². The third kappa shape index (κ3) is 3.62. The summed E-state index contributed by atoms with van der Waals surface area (Å²) in [5, 5.41) is 3.04. The maximum absolute atomic E-state index is 12.5. The molecule has 0 aliphatic heterocycles. The Labute approximate surface area is 122 Å². The van der Waals surface area contributed by atoms with Crippen molar-refractivity contribution in [3.63, 3.8) is 0 Å². The molecule has 0 aromatic carbocycles. The highest BCUT2D eigenvalue weighted by atomic mass is 32.2. The van der Waals surface area contributed by atoms with Crippen LogP contribution in [0.25, 0.3) is 0 Å². The van der Waals surface area contributed by atoms with Gasteiger partial charge in [-0.3, -0.25) is 0 Å². The monoisotopic (exact) mass is 301 g/mol. The van der Waals surface area contributed by atoms with E-state index in [0.717, 1.165) is 25.0 Å². The van der Waals surface area contributed by atoms with Crippen LogP contribution < -0.4 is 10.0 Å². The topological polar surface area (TPSA) is 63.1 Å². The molecule has 5 nitrogen and oxygen atoms in total. The highest BCUT2D eigenvalue weighted by Gasteiger charge is 2.31. The lowest BCUT2D eigenvalue weighted by Crippen LogP contribution is -2.46. The Balaban J connectivity index is 3.07. The van der Waals surface area contributed by atoms with Crippen molar-refractivity contribution in [2.75, 3.05) is 7.05 Å². The van der Waals surface area contributed by atoms with Crippen molar-refractivity contribution in [1.29, 1.82) is 0 Å². The second-order valence-electron chi connectivity index (χ2n) is 5.25. The molecule has 2 N–H and O–H groups in total. The molecule has 0 saturated heterocycles. The number of nitrogens with zero attached hydrogens (tertiary/aromatic N) is 1. The summed E-state index contributed by atoms with van der Waals surface area (Å²) in [6, 6.07) is 1.73. The van der Waals surface area contributed by atoms with E-state index in [0.29, 0.717) is 11.4 Å². The average Bonchev–Trinajstić information content (AvgIpc) is 2.79. The SMILES string of the molecule is CCC(CC)(CC)NS(=O)(=O)c1cc(CNC)n(C)c1. The molecule has 0 spiro atoms. The quantitative estimate of drug-likeness (QED) is 0.772. The number of aryl methyl sites for hydroxylation is 1. The standard InChI is InChI=1S/C14H27N3O2S/c1-6-14(7-2,8-3)16-20(18,19)13-9-12(10-15-4)17(5)11-13/h9,11,15-16H,6-8,10H2,1-5H3. The molecule has 0 aliphatic carbocycles. The van der Waals surface area contributed by atoms with Gasteiger partial charge < -0.3 is 9.88 Å². The summed E-state index contributed by atoms with van der Waals surface area (Å²) in [7, 11) is 0.230. The van der Waals surface area contributed by atoms with Crippen LogP contribution in [0.4, 0.5) is 0 Å². The van der Waals surface area contributed by atoms with Gasteiger partial charge in [0.15, 0.2) is 0 Å². The summed E-state index contributed by atoms with van der Waals surface area (Å²) in [5.74, 6) is 0. The zero-order valence-corrected chi connectivity index (χ0v) is 14.0. The van der Waals surface area contributed by atoms with Crippen LogP contribution in [-0.4, -0.2) is 25.6 Å². The molecule has 0 bridgehead atoms. The maximum atomic E-state index is 12.5. The summed E-state index contributed by atoms with van der Waals surface area (Å²) in [4.78, 5) is 0.338. The van der Waals surface area contributed by atoms with Gasteiger partial charge >= 0.3 is 0 Å². The van der Waals surface area contributed by atoms with Crippen molar-refractivity contribution in [2.24, 2.45) is 7.05 Å². The Kier molecular flexibility index (Phi) is 5.79.